The molecule has 8 nitrogen and oxygen atoms in total. The minimum absolute atomic E-state index is 0.168. The van der Waals surface area contributed by atoms with Crippen LogP contribution in [0.4, 0.5) is 10.7 Å². The van der Waals surface area contributed by atoms with E-state index >= 15 is 0 Å². The number of carboxylic acid groups (broad SMARTS) is 1. The summed E-state index contributed by atoms with van der Waals surface area (Å²) in [6.07, 6.45) is -1.15. The number of H-pyrrole nitrogens is 1. The van der Waals surface area contributed by atoms with Crippen LogP contribution in [0.5, 0.6) is 0 Å². The first-order valence-corrected chi connectivity index (χ1v) is 10.5. The van der Waals surface area contributed by atoms with E-state index in [-0.39, 0.29) is 18.4 Å². The molecule has 166 valence electrons. The van der Waals surface area contributed by atoms with E-state index in [9.17, 15) is 19.8 Å². The predicted octanol–water partition coefficient (Wildman–Crippen LogP) is 3.83. The molecule has 1 aliphatic rings. The number of benzene rings is 3. The van der Waals surface area contributed by atoms with Crippen molar-refractivity contribution in [2.45, 2.75) is 19.2 Å². The molecule has 0 bridgehead atoms. The van der Waals surface area contributed by atoms with Crippen molar-refractivity contribution in [1.82, 2.24) is 14.9 Å². The van der Waals surface area contributed by atoms with Crippen molar-refractivity contribution >= 4 is 29.0 Å². The van der Waals surface area contributed by atoms with Crippen molar-refractivity contribution in [2.24, 2.45) is 0 Å². The Bertz CT molecular complexity index is 1410. The van der Waals surface area contributed by atoms with Crippen LogP contribution in [0.3, 0.4) is 0 Å². The summed E-state index contributed by atoms with van der Waals surface area (Å²) in [4.78, 5) is 34.5. The largest absolute Gasteiger partial charge is 0.465 e. The quantitative estimate of drug-likeness (QED) is 0.445. The molecule has 2 amide bonds. The highest BCUT2D eigenvalue weighted by molar-refractivity contribution is 6.00. The van der Waals surface area contributed by atoms with Crippen LogP contribution in [-0.4, -0.2) is 44.1 Å². The van der Waals surface area contributed by atoms with Gasteiger partial charge in [0.1, 0.15) is 0 Å². The third-order valence-electron chi connectivity index (χ3n) is 6.24. The Morgan fingerprint density at radius 2 is 1.85 bits per heavy atom. The zero-order valence-electron chi connectivity index (χ0n) is 18.1. The highest BCUT2D eigenvalue weighted by Crippen LogP contribution is 2.43. The molecule has 2 heterocycles. The highest BCUT2D eigenvalue weighted by atomic mass is 16.4. The maximum atomic E-state index is 13.4. The van der Waals surface area contributed by atoms with E-state index in [1.807, 2.05) is 31.2 Å². The average Bonchev–Trinajstić information content (AvgIpc) is 3.33. The fourth-order valence-corrected chi connectivity index (χ4v) is 4.33. The average molecular weight is 442 g/mol. The highest BCUT2D eigenvalue weighted by Gasteiger charge is 2.49. The van der Waals surface area contributed by atoms with E-state index in [0.29, 0.717) is 27.7 Å². The molecule has 8 heteroatoms. The summed E-state index contributed by atoms with van der Waals surface area (Å²) in [6.45, 7) is 2.20. The lowest BCUT2D eigenvalue weighted by Gasteiger charge is -2.35. The van der Waals surface area contributed by atoms with E-state index in [1.165, 1.54) is 11.9 Å². The number of rotatable bonds is 4. The molecule has 33 heavy (non-hydrogen) atoms. The molecule has 0 aliphatic carbocycles. The summed E-state index contributed by atoms with van der Waals surface area (Å²) in [6, 6.07) is 19.9. The number of aromatic amines is 1. The van der Waals surface area contributed by atoms with Gasteiger partial charge < -0.3 is 15.2 Å². The number of aryl methyl sites for hydroxylation is 1. The molecular formula is C25H22N4O4. The van der Waals surface area contributed by atoms with Crippen LogP contribution >= 0.6 is 0 Å². The first-order chi connectivity index (χ1) is 15.8. The Morgan fingerprint density at radius 3 is 2.61 bits per heavy atom. The Hall–Kier alpha value is -4.17. The van der Waals surface area contributed by atoms with Gasteiger partial charge in [-0.3, -0.25) is 14.6 Å². The van der Waals surface area contributed by atoms with E-state index in [4.69, 9.17) is 0 Å². The summed E-state index contributed by atoms with van der Waals surface area (Å²) in [5, 5.41) is 21.4. The van der Waals surface area contributed by atoms with Crippen LogP contribution < -0.4 is 4.90 Å². The molecule has 0 saturated heterocycles. The standard InChI is InChI=1S/C25H22N4O4/c1-15-7-3-4-8-16(15)14-29-22(30)18-9-5-6-10-19(18)25(29,33)17-11-12-20-21(13-17)27-23(26-20)28(2)24(31)32/h3-13,33H,14H2,1-2H3,(H,26,27)(H,31,32). The summed E-state index contributed by atoms with van der Waals surface area (Å²) >= 11 is 0. The number of carbonyl (C=O) groups is 2. The van der Waals surface area contributed by atoms with Crippen molar-refractivity contribution in [2.75, 3.05) is 11.9 Å². The van der Waals surface area contributed by atoms with Crippen LogP contribution in [0.25, 0.3) is 11.0 Å². The number of fused-ring (bicyclic) bond motifs is 2. The number of amides is 2. The van der Waals surface area contributed by atoms with Crippen molar-refractivity contribution in [1.29, 1.82) is 0 Å². The first-order valence-electron chi connectivity index (χ1n) is 10.5. The molecule has 4 aromatic rings. The predicted molar refractivity (Wildman–Crippen MR) is 123 cm³/mol. The van der Waals surface area contributed by atoms with Gasteiger partial charge in [-0.25, -0.2) is 9.78 Å². The molecular weight excluding hydrogens is 420 g/mol. The number of hydrogen-bond donors (Lipinski definition) is 3. The Balaban J connectivity index is 1.65. The van der Waals surface area contributed by atoms with E-state index in [2.05, 4.69) is 9.97 Å². The normalized spacial score (nSPS) is 17.4. The van der Waals surface area contributed by atoms with Gasteiger partial charge in [-0.15, -0.1) is 0 Å². The molecule has 3 N–H and O–H groups in total. The molecule has 3 aromatic carbocycles. The van der Waals surface area contributed by atoms with Crippen molar-refractivity contribution in [3.05, 3.63) is 94.5 Å². The van der Waals surface area contributed by atoms with Crippen LogP contribution in [0.2, 0.25) is 0 Å². The second kappa shape index (κ2) is 7.46. The van der Waals surface area contributed by atoms with Gasteiger partial charge in [-0.05, 0) is 36.2 Å². The lowest BCUT2D eigenvalue weighted by Crippen LogP contribution is -2.44. The fourth-order valence-electron chi connectivity index (χ4n) is 4.33. The number of hydrogen-bond acceptors (Lipinski definition) is 4. The van der Waals surface area contributed by atoms with Gasteiger partial charge in [0.25, 0.3) is 5.91 Å². The summed E-state index contributed by atoms with van der Waals surface area (Å²) in [5.41, 5.74) is 2.77. The number of imidazole rings is 1. The van der Waals surface area contributed by atoms with E-state index in [0.717, 1.165) is 16.0 Å². The Kier molecular flexibility index (Phi) is 4.68. The minimum Gasteiger partial charge on any atom is -0.465 e. The van der Waals surface area contributed by atoms with Crippen LogP contribution in [0, 0.1) is 6.92 Å². The monoisotopic (exact) mass is 442 g/mol. The van der Waals surface area contributed by atoms with Crippen molar-refractivity contribution in [3.63, 3.8) is 0 Å². The van der Waals surface area contributed by atoms with Gasteiger partial charge in [-0.1, -0.05) is 48.5 Å². The smallest absolute Gasteiger partial charge is 0.413 e. The Labute approximate surface area is 189 Å². The van der Waals surface area contributed by atoms with Gasteiger partial charge in [0.15, 0.2) is 5.72 Å². The van der Waals surface area contributed by atoms with Crippen molar-refractivity contribution < 1.29 is 19.8 Å². The third-order valence-corrected chi connectivity index (χ3v) is 6.24. The van der Waals surface area contributed by atoms with Gasteiger partial charge in [0.05, 0.1) is 11.0 Å². The maximum absolute atomic E-state index is 13.4. The van der Waals surface area contributed by atoms with Gasteiger partial charge in [-0.2, -0.15) is 0 Å². The molecule has 1 aliphatic heterocycles. The van der Waals surface area contributed by atoms with Crippen LogP contribution in [0.15, 0.2) is 66.7 Å². The number of nitrogens with zero attached hydrogens (tertiary/aromatic N) is 3. The molecule has 0 fully saturated rings. The topological polar surface area (TPSA) is 110 Å². The zero-order chi connectivity index (χ0) is 23.3. The second-order valence-corrected chi connectivity index (χ2v) is 8.17. The number of aromatic nitrogens is 2. The van der Waals surface area contributed by atoms with Gasteiger partial charge in [0, 0.05) is 30.3 Å². The number of aliphatic hydroxyl groups is 1. The number of anilines is 1. The minimum atomic E-state index is -1.71. The maximum Gasteiger partial charge on any atom is 0.413 e. The van der Waals surface area contributed by atoms with Crippen molar-refractivity contribution in [3.8, 4) is 0 Å². The SMILES string of the molecule is Cc1ccccc1CN1C(=O)c2ccccc2C1(O)c1ccc2[nH]c(N(C)C(=O)O)nc2c1. The lowest BCUT2D eigenvalue weighted by atomic mass is 9.93. The molecule has 5 rings (SSSR count). The number of nitrogens with one attached hydrogen (secondary N) is 1. The molecule has 1 unspecified atom stereocenters. The summed E-state index contributed by atoms with van der Waals surface area (Å²) in [7, 11) is 1.39. The Morgan fingerprint density at radius 1 is 1.12 bits per heavy atom. The van der Waals surface area contributed by atoms with E-state index < -0.39 is 11.8 Å². The lowest BCUT2D eigenvalue weighted by molar-refractivity contribution is -0.0542. The van der Waals surface area contributed by atoms with Crippen LogP contribution in [0.1, 0.15) is 32.6 Å². The fraction of sp³-hybridized carbons (Fsp3) is 0.160. The molecule has 0 saturated carbocycles. The summed E-state index contributed by atoms with van der Waals surface area (Å²) < 4.78 is 0. The van der Waals surface area contributed by atoms with Crippen LogP contribution in [-0.2, 0) is 12.3 Å². The van der Waals surface area contributed by atoms with Gasteiger partial charge >= 0.3 is 6.09 Å². The van der Waals surface area contributed by atoms with Gasteiger partial charge in [0.2, 0.25) is 5.95 Å². The third kappa shape index (κ3) is 3.15. The first kappa shape index (κ1) is 20.7. The second-order valence-electron chi connectivity index (χ2n) is 8.17. The molecule has 1 atom stereocenters. The summed E-state index contributed by atoms with van der Waals surface area (Å²) in [5.74, 6) is -0.0916. The zero-order valence-corrected chi connectivity index (χ0v) is 18.1. The molecule has 0 spiro atoms. The number of carbonyl (C=O) groups excluding carboxylic acids is 1. The van der Waals surface area contributed by atoms with E-state index in [1.54, 1.807) is 42.5 Å². The molecule has 1 aromatic heterocycles. The molecule has 0 radical (unpaired) electrons.